The van der Waals surface area contributed by atoms with Crippen LogP contribution in [0.25, 0.3) is 0 Å². The van der Waals surface area contributed by atoms with Crippen LogP contribution >= 0.6 is 31.9 Å². The summed E-state index contributed by atoms with van der Waals surface area (Å²) in [5.41, 5.74) is 0.719. The number of aldehydes is 1. The van der Waals surface area contributed by atoms with Gasteiger partial charge in [0.2, 0.25) is 0 Å². The second-order valence-corrected chi connectivity index (χ2v) is 5.44. The maximum absolute atomic E-state index is 12.0. The van der Waals surface area contributed by atoms with E-state index >= 15 is 0 Å². The van der Waals surface area contributed by atoms with Gasteiger partial charge in [-0.1, -0.05) is 28.1 Å². The molecule has 0 radical (unpaired) electrons. The molecule has 0 atom stereocenters. The highest BCUT2D eigenvalue weighted by Gasteiger charge is 2.14. The van der Waals surface area contributed by atoms with Crippen molar-refractivity contribution < 1.29 is 14.3 Å². The third-order valence-electron chi connectivity index (χ3n) is 2.40. The molecule has 0 unspecified atom stereocenters. The van der Waals surface area contributed by atoms with Crippen LogP contribution in [0.1, 0.15) is 20.7 Å². The number of hydrogen-bond acceptors (Lipinski definition) is 3. The van der Waals surface area contributed by atoms with Crippen LogP contribution in [0.15, 0.2) is 51.4 Å². The molecule has 0 saturated carbocycles. The van der Waals surface area contributed by atoms with Crippen molar-refractivity contribution >= 4 is 44.1 Å². The van der Waals surface area contributed by atoms with Crippen molar-refractivity contribution in [2.24, 2.45) is 0 Å². The van der Waals surface area contributed by atoms with Crippen LogP contribution < -0.4 is 4.74 Å². The van der Waals surface area contributed by atoms with Crippen molar-refractivity contribution in [2.75, 3.05) is 0 Å². The summed E-state index contributed by atoms with van der Waals surface area (Å²) in [6, 6.07) is 11.8. The van der Waals surface area contributed by atoms with Gasteiger partial charge >= 0.3 is 5.97 Å². The molecule has 0 saturated heterocycles. The number of carbonyl (C=O) groups excluding carboxylic acids is 2. The van der Waals surface area contributed by atoms with Crippen LogP contribution in [0.5, 0.6) is 5.75 Å². The topological polar surface area (TPSA) is 43.4 Å². The molecule has 0 N–H and O–H groups in total. The predicted octanol–water partition coefficient (Wildman–Crippen LogP) is 4.24. The SMILES string of the molecule is O=Cc1cc(Br)ccc1OC(=O)c1ccccc1Br. The fourth-order valence-electron chi connectivity index (χ4n) is 1.49. The Hall–Kier alpha value is -1.46. The summed E-state index contributed by atoms with van der Waals surface area (Å²) in [5, 5.41) is 0. The minimum atomic E-state index is -0.516. The molecule has 0 bridgehead atoms. The van der Waals surface area contributed by atoms with E-state index in [-0.39, 0.29) is 5.75 Å². The van der Waals surface area contributed by atoms with Gasteiger partial charge in [0.15, 0.2) is 6.29 Å². The quantitative estimate of drug-likeness (QED) is 0.452. The Morgan fingerprint density at radius 2 is 1.84 bits per heavy atom. The van der Waals surface area contributed by atoms with Crippen molar-refractivity contribution in [2.45, 2.75) is 0 Å². The Morgan fingerprint density at radius 3 is 2.53 bits per heavy atom. The van der Waals surface area contributed by atoms with E-state index in [1.165, 1.54) is 0 Å². The van der Waals surface area contributed by atoms with Gasteiger partial charge in [0.1, 0.15) is 5.75 Å². The first-order valence-corrected chi connectivity index (χ1v) is 6.92. The summed E-state index contributed by atoms with van der Waals surface area (Å²) >= 11 is 6.53. The standard InChI is InChI=1S/C14H8Br2O3/c15-10-5-6-13(9(7-10)8-17)19-14(18)11-3-1-2-4-12(11)16/h1-8H. The van der Waals surface area contributed by atoms with Crippen LogP contribution in [-0.2, 0) is 0 Å². The van der Waals surface area contributed by atoms with Crippen molar-refractivity contribution in [1.29, 1.82) is 0 Å². The molecule has 0 aliphatic rings. The van der Waals surface area contributed by atoms with Gasteiger partial charge in [-0.15, -0.1) is 0 Å². The second-order valence-electron chi connectivity index (χ2n) is 3.67. The van der Waals surface area contributed by atoms with E-state index in [1.807, 2.05) is 0 Å². The first-order valence-electron chi connectivity index (χ1n) is 5.33. The highest BCUT2D eigenvalue weighted by atomic mass is 79.9. The zero-order valence-electron chi connectivity index (χ0n) is 9.60. The minimum Gasteiger partial charge on any atom is -0.422 e. The van der Waals surface area contributed by atoms with E-state index in [0.29, 0.717) is 21.9 Å². The Balaban J connectivity index is 2.29. The van der Waals surface area contributed by atoms with Crippen LogP contribution in [0, 0.1) is 0 Å². The highest BCUT2D eigenvalue weighted by Crippen LogP contribution is 2.24. The number of rotatable bonds is 3. The molecule has 0 fully saturated rings. The number of benzene rings is 2. The van der Waals surface area contributed by atoms with Gasteiger partial charge in [0.05, 0.1) is 11.1 Å². The maximum Gasteiger partial charge on any atom is 0.344 e. The van der Waals surface area contributed by atoms with Gasteiger partial charge in [0, 0.05) is 8.95 Å². The van der Waals surface area contributed by atoms with Gasteiger partial charge < -0.3 is 4.74 Å². The fraction of sp³-hybridized carbons (Fsp3) is 0. The monoisotopic (exact) mass is 382 g/mol. The molecule has 3 nitrogen and oxygen atoms in total. The van der Waals surface area contributed by atoms with E-state index in [2.05, 4.69) is 31.9 Å². The van der Waals surface area contributed by atoms with E-state index in [4.69, 9.17) is 4.74 Å². The van der Waals surface area contributed by atoms with Crippen LogP contribution in [0.3, 0.4) is 0 Å². The smallest absolute Gasteiger partial charge is 0.344 e. The molecule has 2 aromatic carbocycles. The first kappa shape index (κ1) is 14.0. The van der Waals surface area contributed by atoms with Crippen molar-refractivity contribution in [1.82, 2.24) is 0 Å². The highest BCUT2D eigenvalue weighted by molar-refractivity contribution is 9.10. The molecule has 0 amide bonds. The third kappa shape index (κ3) is 3.30. The number of hydrogen-bond donors (Lipinski definition) is 0. The molecule has 0 aliphatic heterocycles. The average Bonchev–Trinajstić information content (AvgIpc) is 2.41. The zero-order valence-corrected chi connectivity index (χ0v) is 12.8. The molecular weight excluding hydrogens is 376 g/mol. The first-order chi connectivity index (χ1) is 9.11. The number of carbonyl (C=O) groups is 2. The van der Waals surface area contributed by atoms with Gasteiger partial charge in [-0.05, 0) is 46.3 Å². The zero-order chi connectivity index (χ0) is 13.8. The molecule has 96 valence electrons. The largest absolute Gasteiger partial charge is 0.422 e. The van der Waals surface area contributed by atoms with Gasteiger partial charge in [-0.25, -0.2) is 4.79 Å². The number of esters is 1. The van der Waals surface area contributed by atoms with Gasteiger partial charge in [-0.2, -0.15) is 0 Å². The van der Waals surface area contributed by atoms with Crippen molar-refractivity contribution in [3.63, 3.8) is 0 Å². The maximum atomic E-state index is 12.0. The van der Waals surface area contributed by atoms with Gasteiger partial charge in [-0.3, -0.25) is 4.79 Å². The average molecular weight is 384 g/mol. The fourth-order valence-corrected chi connectivity index (χ4v) is 2.31. The van der Waals surface area contributed by atoms with Crippen molar-refractivity contribution in [3.05, 3.63) is 62.5 Å². The van der Waals surface area contributed by atoms with Crippen molar-refractivity contribution in [3.8, 4) is 5.75 Å². The van der Waals surface area contributed by atoms with E-state index in [1.54, 1.807) is 42.5 Å². The summed E-state index contributed by atoms with van der Waals surface area (Å²) in [6.07, 6.45) is 0.646. The lowest BCUT2D eigenvalue weighted by atomic mass is 10.2. The number of ether oxygens (including phenoxy) is 1. The number of halogens is 2. The lowest BCUT2D eigenvalue weighted by Gasteiger charge is -2.08. The predicted molar refractivity (Wildman–Crippen MR) is 78.6 cm³/mol. The second kappa shape index (κ2) is 6.12. The summed E-state index contributed by atoms with van der Waals surface area (Å²) in [4.78, 5) is 23.0. The normalized spacial score (nSPS) is 10.0. The molecule has 0 spiro atoms. The molecule has 2 rings (SSSR count). The molecule has 0 aromatic heterocycles. The lowest BCUT2D eigenvalue weighted by molar-refractivity contribution is 0.0732. The van der Waals surface area contributed by atoms with E-state index in [0.717, 1.165) is 4.47 Å². The third-order valence-corrected chi connectivity index (χ3v) is 3.58. The molecular formula is C14H8Br2O3. The van der Waals surface area contributed by atoms with E-state index in [9.17, 15) is 9.59 Å². The summed E-state index contributed by atoms with van der Waals surface area (Å²) < 4.78 is 6.63. The van der Waals surface area contributed by atoms with Gasteiger partial charge in [0.25, 0.3) is 0 Å². The molecule has 0 heterocycles. The minimum absolute atomic E-state index is 0.235. The summed E-state index contributed by atoms with van der Waals surface area (Å²) in [6.45, 7) is 0. The molecule has 19 heavy (non-hydrogen) atoms. The Bertz CT molecular complexity index is 638. The summed E-state index contributed by atoms with van der Waals surface area (Å²) in [7, 11) is 0. The van der Waals surface area contributed by atoms with E-state index < -0.39 is 5.97 Å². The Kier molecular flexibility index (Phi) is 4.50. The molecule has 5 heteroatoms. The lowest BCUT2D eigenvalue weighted by Crippen LogP contribution is -2.10. The van der Waals surface area contributed by atoms with Crippen LogP contribution in [-0.4, -0.2) is 12.3 Å². The Labute approximate surface area is 126 Å². The molecule has 0 aliphatic carbocycles. The van der Waals surface area contributed by atoms with Crippen LogP contribution in [0.4, 0.5) is 0 Å². The molecule has 2 aromatic rings. The van der Waals surface area contributed by atoms with Crippen LogP contribution in [0.2, 0.25) is 0 Å². The Morgan fingerprint density at radius 1 is 1.11 bits per heavy atom. The summed E-state index contributed by atoms with van der Waals surface area (Å²) in [5.74, 6) is -0.281.